The maximum absolute atomic E-state index is 5.07. The molecule has 1 atom stereocenters. The number of nitrogens with zero attached hydrogens (tertiary/aromatic N) is 5. The maximum Gasteiger partial charge on any atom is 0.160 e. The van der Waals surface area contributed by atoms with Gasteiger partial charge in [-0.1, -0.05) is 235 Å². The summed E-state index contributed by atoms with van der Waals surface area (Å²) in [6.07, 6.45) is 25.9. The number of aliphatic imine (C=N–C) groups is 2. The molecule has 6 heteroatoms. The molecule has 0 radical (unpaired) electrons. The minimum absolute atomic E-state index is 0.131. The lowest BCUT2D eigenvalue weighted by Gasteiger charge is -2.23. The second-order valence-electron chi connectivity index (χ2n) is 16.6. The first-order valence-electron chi connectivity index (χ1n) is 28.1. The molecule has 404 valence electrons. The van der Waals surface area contributed by atoms with Gasteiger partial charge in [-0.2, -0.15) is 0 Å². The number of nitrogens with one attached hydrogen (secondary N) is 1. The Morgan fingerprint density at radius 1 is 0.654 bits per heavy atom. The first kappa shape index (κ1) is 63.9. The van der Waals surface area contributed by atoms with Gasteiger partial charge < -0.3 is 5.32 Å². The molecule has 0 aliphatic carbocycles. The van der Waals surface area contributed by atoms with E-state index in [0.29, 0.717) is 5.82 Å². The summed E-state index contributed by atoms with van der Waals surface area (Å²) in [6, 6.07) is 42.0. The number of aryl methyl sites for hydroxylation is 2. The van der Waals surface area contributed by atoms with Crippen LogP contribution in [0.2, 0.25) is 0 Å². The Bertz CT molecular complexity index is 3220. The van der Waals surface area contributed by atoms with Crippen molar-refractivity contribution >= 4 is 51.5 Å². The van der Waals surface area contributed by atoms with Crippen LogP contribution in [0.1, 0.15) is 136 Å². The van der Waals surface area contributed by atoms with Crippen LogP contribution in [0.25, 0.3) is 56.3 Å². The fraction of sp³-hybridized carbons (Fsp3) is 0.236. The van der Waals surface area contributed by atoms with Crippen molar-refractivity contribution in [3.05, 3.63) is 241 Å². The summed E-state index contributed by atoms with van der Waals surface area (Å²) in [4.78, 5) is 24.8. The maximum atomic E-state index is 5.07. The quantitative estimate of drug-likeness (QED) is 0.0977. The highest BCUT2D eigenvalue weighted by molar-refractivity contribution is 6.10. The van der Waals surface area contributed by atoms with Crippen LogP contribution in [0.5, 0.6) is 0 Å². The van der Waals surface area contributed by atoms with Crippen molar-refractivity contribution in [2.24, 2.45) is 9.98 Å². The van der Waals surface area contributed by atoms with Gasteiger partial charge in [0, 0.05) is 34.0 Å². The van der Waals surface area contributed by atoms with Crippen LogP contribution in [0.3, 0.4) is 0 Å². The SMILES string of the molecule is C=C(/C=C\C)/C=C\C.C=C/C=C(\C=C/C)c1cc(C2C=Cc3cc(-c4ccc(N=C(C=C)c5ccc(-c6ccc7ccc8c(c7n6)N=CCC8)cc5)c(C)c4)ccc3N2)nc(-c2ccccc2)n1.CC.CC.CC.CC.CC. The number of anilines is 1. The van der Waals surface area contributed by atoms with E-state index in [1.54, 1.807) is 6.08 Å². The van der Waals surface area contributed by atoms with Crippen LogP contribution >= 0.6 is 0 Å². The Labute approximate surface area is 470 Å². The Hall–Kier alpha value is -8.35. The number of hydrogen-bond acceptors (Lipinski definition) is 6. The van der Waals surface area contributed by atoms with Gasteiger partial charge in [0.25, 0.3) is 0 Å². The third-order valence-electron chi connectivity index (χ3n) is 11.8. The van der Waals surface area contributed by atoms with E-state index in [4.69, 9.17) is 24.9 Å². The zero-order chi connectivity index (χ0) is 57.4. The molecule has 2 aliphatic rings. The van der Waals surface area contributed by atoms with Crippen LogP contribution in [-0.2, 0) is 6.42 Å². The molecule has 0 amide bonds. The van der Waals surface area contributed by atoms with Gasteiger partial charge in [-0.05, 0) is 122 Å². The van der Waals surface area contributed by atoms with Crippen molar-refractivity contribution in [1.82, 2.24) is 15.0 Å². The van der Waals surface area contributed by atoms with Crippen molar-refractivity contribution < 1.29 is 0 Å². The first-order chi connectivity index (χ1) is 38.3. The zero-order valence-corrected chi connectivity index (χ0v) is 49.3. The molecule has 78 heavy (non-hydrogen) atoms. The topological polar surface area (TPSA) is 75.4 Å². The number of benzene rings is 5. The summed E-state index contributed by atoms with van der Waals surface area (Å²) < 4.78 is 0. The van der Waals surface area contributed by atoms with Crippen LogP contribution in [-0.4, -0.2) is 26.9 Å². The predicted molar refractivity (Wildman–Crippen MR) is 348 cm³/mol. The van der Waals surface area contributed by atoms with Gasteiger partial charge in [0.05, 0.1) is 45.7 Å². The molecular weight excluding hydrogens is 949 g/mol. The number of aromatic nitrogens is 3. The summed E-state index contributed by atoms with van der Waals surface area (Å²) in [5.74, 6) is 0.684. The van der Waals surface area contributed by atoms with Gasteiger partial charge in [-0.15, -0.1) is 0 Å². The van der Waals surface area contributed by atoms with Crippen LogP contribution < -0.4 is 5.32 Å². The van der Waals surface area contributed by atoms with E-state index in [0.717, 1.165) is 114 Å². The molecule has 2 aromatic heterocycles. The molecule has 0 bridgehead atoms. The number of rotatable bonds is 12. The van der Waals surface area contributed by atoms with E-state index in [2.05, 4.69) is 135 Å². The first-order valence-corrected chi connectivity index (χ1v) is 28.1. The van der Waals surface area contributed by atoms with Crippen molar-refractivity contribution in [2.75, 3.05) is 5.32 Å². The monoisotopic (exact) mass is 1030 g/mol. The second-order valence-corrected chi connectivity index (χ2v) is 16.6. The molecule has 0 spiro atoms. The molecule has 5 aromatic carbocycles. The van der Waals surface area contributed by atoms with E-state index in [-0.39, 0.29) is 6.04 Å². The highest BCUT2D eigenvalue weighted by atomic mass is 15.0. The van der Waals surface area contributed by atoms with Gasteiger partial charge in [0.15, 0.2) is 5.82 Å². The lowest BCUT2D eigenvalue weighted by atomic mass is 9.96. The van der Waals surface area contributed by atoms with Gasteiger partial charge in [0.1, 0.15) is 0 Å². The van der Waals surface area contributed by atoms with E-state index in [1.165, 1.54) is 5.56 Å². The van der Waals surface area contributed by atoms with Crippen LogP contribution in [0, 0.1) is 6.92 Å². The Balaban J connectivity index is 0.000000789. The minimum atomic E-state index is -0.131. The van der Waals surface area contributed by atoms with E-state index in [9.17, 15) is 0 Å². The van der Waals surface area contributed by atoms with Gasteiger partial charge in [-0.25, -0.2) is 19.9 Å². The summed E-state index contributed by atoms with van der Waals surface area (Å²) >= 11 is 0. The molecule has 4 heterocycles. The normalized spacial score (nSPS) is 12.9. The Morgan fingerprint density at radius 3 is 1.94 bits per heavy atom. The standard InChI is InChI=1S/C54H44N6.C8H12.5C2H6/c1-5-12-36(13-6-2)50-34-51(60-54(59-50)41-14-9-8-10-15-41)49-30-26-44-33-43(25-29-48(44)57-49)42-24-27-46(35(4)32-42)56-45(7-3)37-17-19-38(20-18-37)47-28-23-40-22-21-39-16-11-31-55-52(39)53(40)58-47;1-4-6-8(3)7-5-2;5*1-2/h5-10,12-15,17-34,49,57H,1,3,11,16H2,2,4H3;4-7H,3H2,1-2H3;5*1-2H3/b13-6-,36-12+,56-45?;6-4-,7-5-;;;;;. The van der Waals surface area contributed by atoms with E-state index in [1.807, 2.05) is 175 Å². The lowest BCUT2D eigenvalue weighted by molar-refractivity contribution is 0.903. The largest absolute Gasteiger partial charge is 0.373 e. The Kier molecular flexibility index (Phi) is 28.7. The molecule has 0 saturated carbocycles. The Morgan fingerprint density at radius 2 is 1.29 bits per heavy atom. The van der Waals surface area contributed by atoms with Gasteiger partial charge >= 0.3 is 0 Å². The zero-order valence-electron chi connectivity index (χ0n) is 49.3. The molecule has 9 rings (SSSR count). The summed E-state index contributed by atoms with van der Waals surface area (Å²) in [5.41, 5.74) is 18.1. The lowest BCUT2D eigenvalue weighted by Crippen LogP contribution is -2.15. The number of hydrogen-bond donors (Lipinski definition) is 1. The molecule has 1 unspecified atom stereocenters. The third-order valence-corrected chi connectivity index (χ3v) is 11.8. The van der Waals surface area contributed by atoms with Crippen molar-refractivity contribution in [2.45, 2.75) is 116 Å². The highest BCUT2D eigenvalue weighted by Gasteiger charge is 2.20. The molecule has 1 N–H and O–H groups in total. The van der Waals surface area contributed by atoms with Gasteiger partial charge in [0.2, 0.25) is 0 Å². The number of allylic oxidation sites excluding steroid dienone is 11. The van der Waals surface area contributed by atoms with Crippen LogP contribution in [0.4, 0.5) is 17.1 Å². The summed E-state index contributed by atoms with van der Waals surface area (Å²) in [5, 5.41) is 4.83. The van der Waals surface area contributed by atoms with Crippen molar-refractivity contribution in [1.29, 1.82) is 0 Å². The molecule has 0 saturated heterocycles. The van der Waals surface area contributed by atoms with Crippen molar-refractivity contribution in [3.8, 4) is 33.8 Å². The van der Waals surface area contributed by atoms with Crippen molar-refractivity contribution in [3.63, 3.8) is 0 Å². The smallest absolute Gasteiger partial charge is 0.160 e. The molecule has 2 aliphatic heterocycles. The molecular formula is C72H86N6. The third kappa shape index (κ3) is 17.3. The van der Waals surface area contributed by atoms with Crippen LogP contribution in [0.15, 0.2) is 217 Å². The number of fused-ring (bicyclic) bond motifs is 4. The predicted octanol–water partition coefficient (Wildman–Crippen LogP) is 21.4. The summed E-state index contributed by atoms with van der Waals surface area (Å²) in [6.45, 7) is 39.9. The minimum Gasteiger partial charge on any atom is -0.373 e. The van der Waals surface area contributed by atoms with E-state index >= 15 is 0 Å². The fourth-order valence-corrected chi connectivity index (χ4v) is 8.33. The second kappa shape index (κ2) is 35.1. The van der Waals surface area contributed by atoms with Gasteiger partial charge in [-0.3, -0.25) is 4.99 Å². The number of pyridine rings is 1. The molecule has 7 aromatic rings. The average molecular weight is 1040 g/mol. The summed E-state index contributed by atoms with van der Waals surface area (Å²) in [7, 11) is 0. The molecule has 0 fully saturated rings. The average Bonchev–Trinajstić information content (AvgIpc) is 3.56. The van der Waals surface area contributed by atoms with E-state index < -0.39 is 0 Å². The highest BCUT2D eigenvalue weighted by Crippen LogP contribution is 2.37. The fourth-order valence-electron chi connectivity index (χ4n) is 8.33. The molecule has 6 nitrogen and oxygen atoms in total.